The van der Waals surface area contributed by atoms with Gasteiger partial charge in [-0.3, -0.25) is 9.78 Å². The van der Waals surface area contributed by atoms with E-state index in [1.807, 2.05) is 36.2 Å². The van der Waals surface area contributed by atoms with Crippen LogP contribution in [0.3, 0.4) is 0 Å². The molecule has 0 atom stereocenters. The highest BCUT2D eigenvalue weighted by Crippen LogP contribution is 2.40. The Morgan fingerprint density at radius 1 is 1.03 bits per heavy atom. The number of halogens is 1. The first-order valence-corrected chi connectivity index (χ1v) is 10.5. The smallest absolute Gasteiger partial charge is 0.325 e. The minimum Gasteiger partial charge on any atom is -0.493 e. The second-order valence-electron chi connectivity index (χ2n) is 7.40. The lowest BCUT2D eigenvalue weighted by Crippen LogP contribution is -2.23. The number of ether oxygens (including phenoxy) is 3. The number of aromatic nitrogens is 4. The highest BCUT2D eigenvalue weighted by Gasteiger charge is 2.14. The van der Waals surface area contributed by atoms with Crippen LogP contribution in [0, 0.1) is 12.7 Å². The van der Waals surface area contributed by atoms with Crippen molar-refractivity contribution < 1.29 is 18.6 Å². The summed E-state index contributed by atoms with van der Waals surface area (Å²) in [6, 6.07) is 7.60. The third-order valence-electron chi connectivity index (χ3n) is 5.20. The van der Waals surface area contributed by atoms with E-state index >= 15 is 0 Å². The molecular formula is C23H26FN7O5. The van der Waals surface area contributed by atoms with Crippen LogP contribution >= 0.6 is 0 Å². The van der Waals surface area contributed by atoms with Crippen molar-refractivity contribution in [1.82, 2.24) is 19.9 Å². The number of hydrogen-bond donors (Lipinski definition) is 5. The Labute approximate surface area is 204 Å². The lowest BCUT2D eigenvalue weighted by Gasteiger charge is -2.16. The molecule has 0 amide bonds. The Bertz CT molecular complexity index is 1480. The zero-order chi connectivity index (χ0) is 26.4. The molecule has 0 unspecified atom stereocenters. The van der Waals surface area contributed by atoms with Gasteiger partial charge in [-0.05, 0) is 24.1 Å². The molecule has 36 heavy (non-hydrogen) atoms. The van der Waals surface area contributed by atoms with Crippen LogP contribution in [0.2, 0.25) is 0 Å². The summed E-state index contributed by atoms with van der Waals surface area (Å²) in [7, 11) is 4.75. The number of nitrogens with one attached hydrogen (secondary N) is 3. The van der Waals surface area contributed by atoms with Crippen molar-refractivity contribution in [1.29, 1.82) is 0 Å². The average molecular weight is 500 g/mol. The zero-order valence-electron chi connectivity index (χ0n) is 20.1. The Morgan fingerprint density at radius 3 is 2.25 bits per heavy atom. The molecule has 0 aliphatic heterocycles. The number of hydrogen-bond acceptors (Lipinski definition) is 10. The number of aromatic amines is 2. The number of H-pyrrole nitrogens is 2. The van der Waals surface area contributed by atoms with E-state index in [4.69, 9.17) is 25.7 Å². The molecule has 7 N–H and O–H groups in total. The number of rotatable bonds is 6. The van der Waals surface area contributed by atoms with Crippen LogP contribution in [0.4, 0.5) is 21.8 Å². The van der Waals surface area contributed by atoms with Crippen LogP contribution in [-0.4, -0.2) is 41.3 Å². The fraction of sp³-hybridized carbons (Fsp3) is 0.217. The Balaban J connectivity index is 0.000000338. The van der Waals surface area contributed by atoms with E-state index in [-0.39, 0.29) is 5.95 Å². The van der Waals surface area contributed by atoms with E-state index < -0.39 is 17.1 Å². The topological polar surface area (TPSA) is 183 Å². The quantitative estimate of drug-likeness (QED) is 0.263. The van der Waals surface area contributed by atoms with Crippen molar-refractivity contribution in [3.8, 4) is 17.2 Å². The highest BCUT2D eigenvalue weighted by atomic mass is 19.1. The van der Waals surface area contributed by atoms with Gasteiger partial charge in [0.1, 0.15) is 5.82 Å². The molecule has 2 heterocycles. The first-order valence-electron chi connectivity index (χ1n) is 10.5. The van der Waals surface area contributed by atoms with Gasteiger partial charge in [-0.15, -0.1) is 0 Å². The number of fused-ring (bicyclic) bond motifs is 1. The number of nitrogens with two attached hydrogens (primary N) is 2. The minimum absolute atomic E-state index is 0.169. The monoisotopic (exact) mass is 499 g/mol. The molecule has 0 saturated carbocycles. The normalized spacial score (nSPS) is 10.4. The van der Waals surface area contributed by atoms with E-state index in [1.54, 1.807) is 26.3 Å². The van der Waals surface area contributed by atoms with Gasteiger partial charge in [0.25, 0.3) is 5.56 Å². The molecule has 190 valence electrons. The number of benzene rings is 2. The van der Waals surface area contributed by atoms with Gasteiger partial charge in [-0.1, -0.05) is 6.07 Å². The summed E-state index contributed by atoms with van der Waals surface area (Å²) in [5.41, 5.74) is 13.7. The van der Waals surface area contributed by atoms with Crippen LogP contribution < -0.4 is 42.2 Å². The lowest BCUT2D eigenvalue weighted by atomic mass is 10.0. The summed E-state index contributed by atoms with van der Waals surface area (Å²) >= 11 is 0. The summed E-state index contributed by atoms with van der Waals surface area (Å²) in [6.45, 7) is 2.56. The molecule has 0 bridgehead atoms. The van der Waals surface area contributed by atoms with Gasteiger partial charge in [0.15, 0.2) is 11.5 Å². The molecule has 0 aliphatic carbocycles. The zero-order valence-corrected chi connectivity index (χ0v) is 20.1. The second-order valence-corrected chi connectivity index (χ2v) is 7.40. The standard InChI is InChI=1S/C19H23N5O3.C4H3FN2O2/c1-10-11(5-6-13-16(10)18(20)24-19(21)23-13)9-22-12-7-14(25-2)17(27-4)15(8-12)26-3;5-2-1-6-4(9)7-3(2)8/h5-8,22H,9H2,1-4H3,(H4,20,21,23,24);1H,(H2,6,7,8,9). The van der Waals surface area contributed by atoms with Crippen molar-refractivity contribution in [3.05, 3.63) is 68.2 Å². The molecule has 0 aliphatic rings. The Morgan fingerprint density at radius 2 is 1.69 bits per heavy atom. The van der Waals surface area contributed by atoms with Crippen LogP contribution in [0.25, 0.3) is 10.9 Å². The highest BCUT2D eigenvalue weighted by molar-refractivity contribution is 5.92. The largest absolute Gasteiger partial charge is 0.493 e. The predicted molar refractivity (Wildman–Crippen MR) is 134 cm³/mol. The summed E-state index contributed by atoms with van der Waals surface area (Å²) in [5.74, 6) is 1.28. The molecular weight excluding hydrogens is 473 g/mol. The molecule has 0 radical (unpaired) electrons. The number of aryl methyl sites for hydroxylation is 1. The first-order chi connectivity index (χ1) is 17.2. The van der Waals surface area contributed by atoms with E-state index in [0.29, 0.717) is 35.8 Å². The van der Waals surface area contributed by atoms with Gasteiger partial charge in [0.05, 0.1) is 26.8 Å². The summed E-state index contributed by atoms with van der Waals surface area (Å²) in [5, 5.41) is 4.19. The van der Waals surface area contributed by atoms with Crippen LogP contribution in [0.1, 0.15) is 11.1 Å². The number of nitrogens with zero attached hydrogens (tertiary/aromatic N) is 2. The number of anilines is 3. The Kier molecular flexibility index (Phi) is 7.94. The maximum Gasteiger partial charge on any atom is 0.325 e. The summed E-state index contributed by atoms with van der Waals surface area (Å²) in [4.78, 5) is 32.3. The predicted octanol–water partition coefficient (Wildman–Crippen LogP) is 1.94. The lowest BCUT2D eigenvalue weighted by molar-refractivity contribution is 0.324. The SMILES string of the molecule is COc1cc(NCc2ccc3nc(N)nc(N)c3c2C)cc(OC)c1OC.O=c1[nH]cc(F)c(=O)[nH]1. The third-order valence-corrected chi connectivity index (χ3v) is 5.20. The maximum absolute atomic E-state index is 12.0. The van der Waals surface area contributed by atoms with Crippen molar-refractivity contribution in [2.75, 3.05) is 38.1 Å². The molecule has 13 heteroatoms. The average Bonchev–Trinajstić information content (AvgIpc) is 2.85. The fourth-order valence-corrected chi connectivity index (χ4v) is 3.45. The molecule has 4 rings (SSSR count). The molecule has 2 aromatic heterocycles. The summed E-state index contributed by atoms with van der Waals surface area (Å²) < 4.78 is 28.1. The van der Waals surface area contributed by atoms with E-state index in [2.05, 4.69) is 15.3 Å². The molecule has 2 aromatic carbocycles. The van der Waals surface area contributed by atoms with Crippen LogP contribution in [-0.2, 0) is 6.54 Å². The minimum atomic E-state index is -1.00. The van der Waals surface area contributed by atoms with Gasteiger partial charge in [0, 0.05) is 35.9 Å². The van der Waals surface area contributed by atoms with Gasteiger partial charge >= 0.3 is 5.69 Å². The molecule has 4 aromatic rings. The van der Waals surface area contributed by atoms with Crippen molar-refractivity contribution >= 4 is 28.4 Å². The van der Waals surface area contributed by atoms with Crippen LogP contribution in [0.5, 0.6) is 17.2 Å². The first kappa shape index (κ1) is 25.8. The Hall–Kier alpha value is -4.81. The van der Waals surface area contributed by atoms with Gasteiger partial charge in [0.2, 0.25) is 17.5 Å². The molecule has 0 spiro atoms. The van der Waals surface area contributed by atoms with Gasteiger partial charge in [-0.2, -0.15) is 9.37 Å². The molecule has 0 fully saturated rings. The van der Waals surface area contributed by atoms with E-state index in [0.717, 1.165) is 27.7 Å². The van der Waals surface area contributed by atoms with Crippen molar-refractivity contribution in [3.63, 3.8) is 0 Å². The number of methoxy groups -OCH3 is 3. The maximum atomic E-state index is 12.0. The van der Waals surface area contributed by atoms with Crippen molar-refractivity contribution in [2.45, 2.75) is 13.5 Å². The summed E-state index contributed by atoms with van der Waals surface area (Å²) in [6.07, 6.45) is 0.709. The van der Waals surface area contributed by atoms with Gasteiger partial charge < -0.3 is 36.0 Å². The second kappa shape index (κ2) is 11.1. The molecule has 0 saturated heterocycles. The molecule has 12 nitrogen and oxygen atoms in total. The van der Waals surface area contributed by atoms with Crippen LogP contribution in [0.15, 0.2) is 40.1 Å². The van der Waals surface area contributed by atoms with E-state index in [1.165, 1.54) is 0 Å². The van der Waals surface area contributed by atoms with Crippen molar-refractivity contribution in [2.24, 2.45) is 0 Å². The van der Waals surface area contributed by atoms with E-state index in [9.17, 15) is 14.0 Å². The third kappa shape index (κ3) is 5.63. The fourth-order valence-electron chi connectivity index (χ4n) is 3.45. The number of nitrogen functional groups attached to an aromatic ring is 2. The van der Waals surface area contributed by atoms with Gasteiger partial charge in [-0.25, -0.2) is 9.78 Å².